The van der Waals surface area contributed by atoms with Gasteiger partial charge < -0.3 is 15.3 Å². The van der Waals surface area contributed by atoms with Crippen molar-refractivity contribution < 1.29 is 9.90 Å². The molecule has 1 aromatic heterocycles. The van der Waals surface area contributed by atoms with Crippen LogP contribution in [0, 0.1) is 0 Å². The number of nitrogens with one attached hydrogen (secondary N) is 1. The predicted molar refractivity (Wildman–Crippen MR) is 59.1 cm³/mol. The minimum atomic E-state index is -0.923. The molecule has 0 spiro atoms. The number of carboxylic acid groups (broad SMARTS) is 1. The molecule has 1 aromatic rings. The van der Waals surface area contributed by atoms with Crippen molar-refractivity contribution in [2.75, 3.05) is 13.6 Å². The number of aromatic nitrogens is 1. The molecule has 0 unspecified atom stereocenters. The van der Waals surface area contributed by atoms with Crippen LogP contribution in [0.3, 0.4) is 0 Å². The highest BCUT2D eigenvalue weighted by molar-refractivity contribution is 5.64. The molecule has 2 N–H and O–H groups in total. The lowest BCUT2D eigenvalue weighted by atomic mass is 10.00. The van der Waals surface area contributed by atoms with Gasteiger partial charge in [-0.2, -0.15) is 0 Å². The Morgan fingerprint density at radius 2 is 2.50 bits per heavy atom. The molecule has 1 amide bonds. The zero-order valence-electron chi connectivity index (χ0n) is 9.23. The van der Waals surface area contributed by atoms with E-state index in [-0.39, 0.29) is 0 Å². The Labute approximate surface area is 94.1 Å². The van der Waals surface area contributed by atoms with Gasteiger partial charge in [0.1, 0.15) is 0 Å². The Kier molecular flexibility index (Phi) is 3.05. The Bertz CT molecular complexity index is 406. The van der Waals surface area contributed by atoms with Crippen molar-refractivity contribution in [2.45, 2.75) is 19.5 Å². The molecular weight excluding hydrogens is 206 g/mol. The highest BCUT2D eigenvalue weighted by Gasteiger charge is 2.16. The van der Waals surface area contributed by atoms with Gasteiger partial charge in [0.25, 0.3) is 0 Å². The van der Waals surface area contributed by atoms with Crippen molar-refractivity contribution in [1.82, 2.24) is 15.2 Å². The quantitative estimate of drug-likeness (QED) is 0.776. The van der Waals surface area contributed by atoms with Crippen LogP contribution < -0.4 is 5.32 Å². The Balaban J connectivity index is 2.24. The molecule has 0 fully saturated rings. The van der Waals surface area contributed by atoms with E-state index in [1.54, 1.807) is 13.2 Å². The summed E-state index contributed by atoms with van der Waals surface area (Å²) in [6.45, 7) is 2.14. The van der Waals surface area contributed by atoms with E-state index < -0.39 is 6.09 Å². The molecule has 1 aliphatic heterocycles. The number of amides is 1. The molecule has 2 heterocycles. The average Bonchev–Trinajstić information content (AvgIpc) is 2.29. The summed E-state index contributed by atoms with van der Waals surface area (Å²) in [4.78, 5) is 16.3. The SMILES string of the molecule is CN(Cc1nccc2c1CCNC2)C(=O)O. The zero-order valence-corrected chi connectivity index (χ0v) is 9.23. The van der Waals surface area contributed by atoms with Crippen LogP contribution in [0.15, 0.2) is 12.3 Å². The number of hydrogen-bond acceptors (Lipinski definition) is 3. The summed E-state index contributed by atoms with van der Waals surface area (Å²) >= 11 is 0. The summed E-state index contributed by atoms with van der Waals surface area (Å²) in [7, 11) is 1.56. The van der Waals surface area contributed by atoms with Crippen molar-refractivity contribution in [3.63, 3.8) is 0 Å². The molecule has 1 aliphatic rings. The second-order valence-electron chi connectivity index (χ2n) is 3.96. The molecule has 2 rings (SSSR count). The van der Waals surface area contributed by atoms with Crippen molar-refractivity contribution in [1.29, 1.82) is 0 Å². The molecule has 86 valence electrons. The first-order valence-electron chi connectivity index (χ1n) is 5.29. The topological polar surface area (TPSA) is 65.5 Å². The number of carbonyl (C=O) groups is 1. The van der Waals surface area contributed by atoms with Gasteiger partial charge in [-0.05, 0) is 30.2 Å². The summed E-state index contributed by atoms with van der Waals surface area (Å²) in [6, 6.07) is 1.99. The van der Waals surface area contributed by atoms with E-state index in [2.05, 4.69) is 10.3 Å². The Morgan fingerprint density at radius 3 is 3.25 bits per heavy atom. The van der Waals surface area contributed by atoms with Crippen LogP contribution in [0.5, 0.6) is 0 Å². The van der Waals surface area contributed by atoms with Crippen molar-refractivity contribution in [3.8, 4) is 0 Å². The third-order valence-corrected chi connectivity index (χ3v) is 2.82. The largest absolute Gasteiger partial charge is 0.465 e. The lowest BCUT2D eigenvalue weighted by Gasteiger charge is -2.21. The summed E-state index contributed by atoms with van der Waals surface area (Å²) in [6.07, 6.45) is 1.75. The van der Waals surface area contributed by atoms with Crippen LogP contribution in [0.25, 0.3) is 0 Å². The summed E-state index contributed by atoms with van der Waals surface area (Å²) < 4.78 is 0. The molecule has 16 heavy (non-hydrogen) atoms. The van der Waals surface area contributed by atoms with Crippen molar-refractivity contribution in [2.24, 2.45) is 0 Å². The fourth-order valence-electron chi connectivity index (χ4n) is 1.92. The maximum absolute atomic E-state index is 10.8. The van der Waals surface area contributed by atoms with Crippen molar-refractivity contribution in [3.05, 3.63) is 29.1 Å². The molecular formula is C11H15N3O2. The third kappa shape index (κ3) is 2.14. The van der Waals surface area contributed by atoms with Crippen LogP contribution >= 0.6 is 0 Å². The van der Waals surface area contributed by atoms with Crippen LogP contribution in [0.2, 0.25) is 0 Å². The fraction of sp³-hybridized carbons (Fsp3) is 0.455. The van der Waals surface area contributed by atoms with Crippen LogP contribution in [-0.2, 0) is 19.5 Å². The molecule has 5 nitrogen and oxygen atoms in total. The Morgan fingerprint density at radius 1 is 1.69 bits per heavy atom. The number of rotatable bonds is 2. The molecule has 0 aromatic carbocycles. The minimum absolute atomic E-state index is 0.360. The van der Waals surface area contributed by atoms with Gasteiger partial charge in [0, 0.05) is 19.8 Å². The van der Waals surface area contributed by atoms with E-state index in [1.165, 1.54) is 16.0 Å². The number of pyridine rings is 1. The second-order valence-corrected chi connectivity index (χ2v) is 3.96. The van der Waals surface area contributed by atoms with Crippen LogP contribution in [0.4, 0.5) is 4.79 Å². The van der Waals surface area contributed by atoms with Crippen LogP contribution in [0.1, 0.15) is 16.8 Å². The van der Waals surface area contributed by atoms with E-state index in [9.17, 15) is 4.79 Å². The van der Waals surface area contributed by atoms with E-state index in [0.717, 1.165) is 25.2 Å². The van der Waals surface area contributed by atoms with E-state index in [1.807, 2.05) is 6.07 Å². The lowest BCUT2D eigenvalue weighted by Crippen LogP contribution is -2.29. The number of fused-ring (bicyclic) bond motifs is 1. The van der Waals surface area contributed by atoms with Gasteiger partial charge in [-0.3, -0.25) is 4.98 Å². The van der Waals surface area contributed by atoms with Crippen molar-refractivity contribution >= 4 is 6.09 Å². The smallest absolute Gasteiger partial charge is 0.407 e. The summed E-state index contributed by atoms with van der Waals surface area (Å²) in [5.41, 5.74) is 3.31. The molecule has 0 saturated heterocycles. The van der Waals surface area contributed by atoms with E-state index in [0.29, 0.717) is 6.54 Å². The third-order valence-electron chi connectivity index (χ3n) is 2.82. The minimum Gasteiger partial charge on any atom is -0.465 e. The molecule has 0 radical (unpaired) electrons. The zero-order chi connectivity index (χ0) is 11.5. The predicted octanol–water partition coefficient (Wildman–Crippen LogP) is 0.837. The van der Waals surface area contributed by atoms with E-state index in [4.69, 9.17) is 5.11 Å². The Hall–Kier alpha value is -1.62. The first kappa shape index (κ1) is 10.9. The van der Waals surface area contributed by atoms with Gasteiger partial charge in [0.2, 0.25) is 0 Å². The number of hydrogen-bond donors (Lipinski definition) is 2. The maximum atomic E-state index is 10.8. The van der Waals surface area contributed by atoms with Crippen LogP contribution in [-0.4, -0.2) is 34.7 Å². The van der Waals surface area contributed by atoms with Gasteiger partial charge in [-0.25, -0.2) is 4.79 Å². The molecule has 5 heteroatoms. The first-order chi connectivity index (χ1) is 7.68. The second kappa shape index (κ2) is 4.49. The van der Waals surface area contributed by atoms with Gasteiger partial charge in [0.05, 0.1) is 12.2 Å². The van der Waals surface area contributed by atoms with Gasteiger partial charge in [0.15, 0.2) is 0 Å². The average molecular weight is 221 g/mol. The molecule has 0 atom stereocenters. The van der Waals surface area contributed by atoms with Gasteiger partial charge in [-0.15, -0.1) is 0 Å². The molecule has 0 bridgehead atoms. The standard InChI is InChI=1S/C11H15N3O2/c1-14(11(15)16)7-10-9-3-4-12-6-8(9)2-5-13-10/h2,5,12H,3-4,6-7H2,1H3,(H,15,16). The fourth-order valence-corrected chi connectivity index (χ4v) is 1.92. The monoisotopic (exact) mass is 221 g/mol. The highest BCUT2D eigenvalue weighted by Crippen LogP contribution is 2.17. The molecule has 0 saturated carbocycles. The normalized spacial score (nSPS) is 14.3. The lowest BCUT2D eigenvalue weighted by molar-refractivity contribution is 0.153. The molecule has 0 aliphatic carbocycles. The van der Waals surface area contributed by atoms with E-state index >= 15 is 0 Å². The highest BCUT2D eigenvalue weighted by atomic mass is 16.4. The summed E-state index contributed by atoms with van der Waals surface area (Å²) in [5, 5.41) is 12.1. The van der Waals surface area contributed by atoms with Gasteiger partial charge >= 0.3 is 6.09 Å². The first-order valence-corrected chi connectivity index (χ1v) is 5.29. The van der Waals surface area contributed by atoms with Gasteiger partial charge in [-0.1, -0.05) is 0 Å². The summed E-state index contributed by atoms with van der Waals surface area (Å²) in [5.74, 6) is 0. The number of nitrogens with zero attached hydrogens (tertiary/aromatic N) is 2. The maximum Gasteiger partial charge on any atom is 0.407 e.